The van der Waals surface area contributed by atoms with Crippen molar-refractivity contribution in [2.24, 2.45) is 0 Å². The molecule has 1 aliphatic rings. The molecule has 0 unspecified atom stereocenters. The molecular weight excluding hydrogens is 330 g/mol. The first kappa shape index (κ1) is 16.7. The van der Waals surface area contributed by atoms with E-state index in [0.717, 1.165) is 35.1 Å². The first-order valence-electron chi connectivity index (χ1n) is 8.82. The van der Waals surface area contributed by atoms with Crippen molar-refractivity contribution in [1.82, 2.24) is 25.1 Å². The molecule has 0 spiro atoms. The van der Waals surface area contributed by atoms with Crippen molar-refractivity contribution in [3.8, 4) is 0 Å². The lowest BCUT2D eigenvalue weighted by Gasteiger charge is -2.35. The smallest absolute Gasteiger partial charge is 0.275 e. The molecule has 7 nitrogen and oxygen atoms in total. The average Bonchev–Trinajstić information content (AvgIpc) is 3.11. The van der Waals surface area contributed by atoms with Crippen LogP contribution in [0.3, 0.4) is 0 Å². The lowest BCUT2D eigenvalue weighted by atomic mass is 10.1. The molecule has 1 aromatic carbocycles. The van der Waals surface area contributed by atoms with Crippen LogP contribution in [0.15, 0.2) is 36.7 Å². The van der Waals surface area contributed by atoms with Gasteiger partial charge in [0.15, 0.2) is 5.69 Å². The van der Waals surface area contributed by atoms with Crippen molar-refractivity contribution in [2.75, 3.05) is 19.8 Å². The molecule has 134 valence electrons. The van der Waals surface area contributed by atoms with Gasteiger partial charge in [0.1, 0.15) is 0 Å². The minimum Gasteiger partial charge on any atom is -0.377 e. The Morgan fingerprint density at radius 3 is 3.04 bits per heavy atom. The number of aryl methyl sites for hydroxylation is 2. The van der Waals surface area contributed by atoms with Gasteiger partial charge in [-0.05, 0) is 25.8 Å². The summed E-state index contributed by atoms with van der Waals surface area (Å²) < 4.78 is 5.63. The number of ether oxygens (including phenoxy) is 1. The number of para-hydroxylation sites is 1. The van der Waals surface area contributed by atoms with Crippen molar-refractivity contribution in [2.45, 2.75) is 25.8 Å². The normalized spacial score (nSPS) is 17.6. The maximum Gasteiger partial charge on any atom is 0.275 e. The summed E-state index contributed by atoms with van der Waals surface area (Å²) in [7, 11) is 0. The minimum absolute atomic E-state index is 0.00752. The Hall–Kier alpha value is -2.80. The van der Waals surface area contributed by atoms with E-state index in [9.17, 15) is 4.79 Å². The van der Waals surface area contributed by atoms with Gasteiger partial charge in [-0.1, -0.05) is 18.2 Å². The molecule has 0 saturated carbocycles. The highest BCUT2D eigenvalue weighted by Crippen LogP contribution is 2.21. The van der Waals surface area contributed by atoms with Crippen LogP contribution in [0, 0.1) is 6.92 Å². The first-order chi connectivity index (χ1) is 12.7. The van der Waals surface area contributed by atoms with E-state index in [4.69, 9.17) is 4.74 Å². The minimum atomic E-state index is -0.0494. The fourth-order valence-electron chi connectivity index (χ4n) is 3.41. The standard InChI is InChI=1S/C19H21N5O2/c1-13-16(21-9-8-20-13)7-6-14-12-26-11-10-24(14)19(25)18-15-4-2-3-5-17(15)22-23-18/h2-5,8-9,14H,6-7,10-12H2,1H3,(H,22,23)/t14-/m1/s1. The molecule has 0 bridgehead atoms. The predicted octanol–water partition coefficient (Wildman–Crippen LogP) is 2.14. The molecule has 1 aliphatic heterocycles. The van der Waals surface area contributed by atoms with Gasteiger partial charge in [-0.15, -0.1) is 0 Å². The molecule has 1 atom stereocenters. The second-order valence-electron chi connectivity index (χ2n) is 6.47. The number of aromatic nitrogens is 4. The van der Waals surface area contributed by atoms with E-state index in [2.05, 4.69) is 20.2 Å². The summed E-state index contributed by atoms with van der Waals surface area (Å²) in [5, 5.41) is 8.05. The number of nitrogens with zero attached hydrogens (tertiary/aromatic N) is 4. The Labute approximate surface area is 151 Å². The largest absolute Gasteiger partial charge is 0.377 e. The maximum absolute atomic E-state index is 13.1. The Kier molecular flexibility index (Phi) is 4.62. The fraction of sp³-hybridized carbons (Fsp3) is 0.368. The van der Waals surface area contributed by atoms with Crippen LogP contribution >= 0.6 is 0 Å². The van der Waals surface area contributed by atoms with Gasteiger partial charge < -0.3 is 9.64 Å². The van der Waals surface area contributed by atoms with Crippen LogP contribution in [0.5, 0.6) is 0 Å². The van der Waals surface area contributed by atoms with Gasteiger partial charge >= 0.3 is 0 Å². The van der Waals surface area contributed by atoms with E-state index in [1.165, 1.54) is 0 Å². The zero-order valence-electron chi connectivity index (χ0n) is 14.7. The van der Waals surface area contributed by atoms with Crippen LogP contribution in [-0.4, -0.2) is 56.8 Å². The van der Waals surface area contributed by atoms with Crippen LogP contribution in [0.1, 0.15) is 28.3 Å². The van der Waals surface area contributed by atoms with Crippen molar-refractivity contribution in [3.63, 3.8) is 0 Å². The average molecular weight is 351 g/mol. The van der Waals surface area contributed by atoms with Crippen molar-refractivity contribution in [3.05, 3.63) is 53.7 Å². The second kappa shape index (κ2) is 7.21. The summed E-state index contributed by atoms with van der Waals surface area (Å²) in [5.41, 5.74) is 3.25. The van der Waals surface area contributed by atoms with Crippen LogP contribution in [0.25, 0.3) is 10.9 Å². The maximum atomic E-state index is 13.1. The van der Waals surface area contributed by atoms with Crippen LogP contribution < -0.4 is 0 Å². The molecule has 2 aromatic heterocycles. The third kappa shape index (κ3) is 3.17. The van der Waals surface area contributed by atoms with Crippen molar-refractivity contribution >= 4 is 16.8 Å². The fourth-order valence-corrected chi connectivity index (χ4v) is 3.41. The number of rotatable bonds is 4. The molecule has 1 amide bonds. The Bertz CT molecular complexity index is 923. The van der Waals surface area contributed by atoms with Crippen LogP contribution in [-0.2, 0) is 11.2 Å². The number of hydrogen-bond donors (Lipinski definition) is 1. The Balaban J connectivity index is 1.53. The van der Waals surface area contributed by atoms with E-state index in [-0.39, 0.29) is 11.9 Å². The van der Waals surface area contributed by atoms with Gasteiger partial charge in [0, 0.05) is 24.3 Å². The summed E-state index contributed by atoms with van der Waals surface area (Å²) in [5.74, 6) is -0.0494. The summed E-state index contributed by atoms with van der Waals surface area (Å²) in [6.07, 6.45) is 4.95. The van der Waals surface area contributed by atoms with Gasteiger partial charge in [-0.25, -0.2) is 0 Å². The number of nitrogens with one attached hydrogen (secondary N) is 1. The molecule has 1 fully saturated rings. The second-order valence-corrected chi connectivity index (χ2v) is 6.47. The van der Waals surface area contributed by atoms with Gasteiger partial charge in [-0.2, -0.15) is 5.10 Å². The zero-order chi connectivity index (χ0) is 17.9. The first-order valence-corrected chi connectivity index (χ1v) is 8.82. The highest BCUT2D eigenvalue weighted by molar-refractivity contribution is 6.04. The van der Waals surface area contributed by atoms with E-state index in [1.54, 1.807) is 12.4 Å². The zero-order valence-corrected chi connectivity index (χ0v) is 14.7. The SMILES string of the molecule is Cc1nccnc1CC[C@@H]1COCCN1C(=O)c1n[nH]c2ccccc12. The molecule has 1 N–H and O–H groups in total. The summed E-state index contributed by atoms with van der Waals surface area (Å²) in [4.78, 5) is 23.7. The lowest BCUT2D eigenvalue weighted by molar-refractivity contribution is -0.00434. The number of amides is 1. The predicted molar refractivity (Wildman–Crippen MR) is 96.8 cm³/mol. The molecular formula is C19H21N5O2. The van der Waals surface area contributed by atoms with E-state index < -0.39 is 0 Å². The number of fused-ring (bicyclic) bond motifs is 1. The molecule has 3 aromatic rings. The quantitative estimate of drug-likeness (QED) is 0.778. The Morgan fingerprint density at radius 2 is 2.15 bits per heavy atom. The van der Waals surface area contributed by atoms with Crippen LogP contribution in [0.2, 0.25) is 0 Å². The third-order valence-corrected chi connectivity index (χ3v) is 4.86. The number of hydrogen-bond acceptors (Lipinski definition) is 5. The summed E-state index contributed by atoms with van der Waals surface area (Å²) in [6, 6.07) is 7.70. The molecule has 26 heavy (non-hydrogen) atoms. The number of benzene rings is 1. The van der Waals surface area contributed by atoms with E-state index in [1.807, 2.05) is 36.1 Å². The van der Waals surface area contributed by atoms with Crippen molar-refractivity contribution < 1.29 is 9.53 Å². The Morgan fingerprint density at radius 1 is 1.31 bits per heavy atom. The number of morpholine rings is 1. The van der Waals surface area contributed by atoms with E-state index >= 15 is 0 Å². The third-order valence-electron chi connectivity index (χ3n) is 4.86. The van der Waals surface area contributed by atoms with Gasteiger partial charge in [-0.3, -0.25) is 19.9 Å². The van der Waals surface area contributed by atoms with Gasteiger partial charge in [0.05, 0.1) is 36.2 Å². The number of carbonyl (C=O) groups excluding carboxylic acids is 1. The van der Waals surface area contributed by atoms with Gasteiger partial charge in [0.25, 0.3) is 5.91 Å². The topological polar surface area (TPSA) is 84.0 Å². The van der Waals surface area contributed by atoms with Crippen molar-refractivity contribution in [1.29, 1.82) is 0 Å². The summed E-state index contributed by atoms with van der Waals surface area (Å²) in [6.45, 7) is 3.62. The van der Waals surface area contributed by atoms with Gasteiger partial charge in [0.2, 0.25) is 0 Å². The monoisotopic (exact) mass is 351 g/mol. The van der Waals surface area contributed by atoms with E-state index in [0.29, 0.717) is 25.5 Å². The molecule has 0 radical (unpaired) electrons. The number of H-pyrrole nitrogens is 1. The molecule has 3 heterocycles. The summed E-state index contributed by atoms with van der Waals surface area (Å²) >= 11 is 0. The highest BCUT2D eigenvalue weighted by Gasteiger charge is 2.30. The lowest BCUT2D eigenvalue weighted by Crippen LogP contribution is -2.49. The number of aromatic amines is 1. The van der Waals surface area contributed by atoms with Crippen LogP contribution in [0.4, 0.5) is 0 Å². The molecule has 7 heteroatoms. The molecule has 1 saturated heterocycles. The molecule has 0 aliphatic carbocycles. The highest BCUT2D eigenvalue weighted by atomic mass is 16.5. The molecule has 4 rings (SSSR count). The number of carbonyl (C=O) groups is 1.